The first kappa shape index (κ1) is 14.1. The average Bonchev–Trinajstić information content (AvgIpc) is 2.46. The van der Waals surface area contributed by atoms with Gasteiger partial charge in [0.2, 0.25) is 0 Å². The van der Waals surface area contributed by atoms with Crippen LogP contribution in [-0.4, -0.2) is 13.1 Å². The van der Waals surface area contributed by atoms with Gasteiger partial charge in [0.25, 0.3) is 0 Å². The molecule has 2 rings (SSSR count). The number of hydrogen-bond donors (Lipinski definition) is 0. The van der Waals surface area contributed by atoms with Crippen molar-refractivity contribution < 1.29 is 22.7 Å². The Morgan fingerprint density at radius 1 is 0.900 bits per heavy atom. The molecule has 0 saturated heterocycles. The van der Waals surface area contributed by atoms with Crippen LogP contribution in [0.25, 0.3) is 11.1 Å². The Morgan fingerprint density at radius 2 is 1.35 bits per heavy atom. The highest BCUT2D eigenvalue weighted by molar-refractivity contribution is 5.89. The molecule has 20 heavy (non-hydrogen) atoms. The molecule has 104 valence electrons. The number of ether oxygens (including phenoxy) is 1. The predicted octanol–water partition coefficient (Wildman–Crippen LogP) is 4.16. The molecule has 0 saturated carbocycles. The van der Waals surface area contributed by atoms with Crippen molar-refractivity contribution in [2.45, 2.75) is 6.18 Å². The molecule has 0 heterocycles. The van der Waals surface area contributed by atoms with Crippen LogP contribution in [0, 0.1) is 0 Å². The standard InChI is InChI=1S/C15H11F3O2/c1-20-14(19)12-4-2-10(3-5-12)11-6-8-13(9-7-11)15(16,17)18/h2-9H,1H3. The summed E-state index contributed by atoms with van der Waals surface area (Å²) >= 11 is 0. The second-order valence-electron chi connectivity index (χ2n) is 4.14. The van der Waals surface area contributed by atoms with Crippen LogP contribution < -0.4 is 0 Å². The van der Waals surface area contributed by atoms with E-state index in [0.717, 1.165) is 17.7 Å². The molecule has 0 bridgehead atoms. The molecule has 2 nitrogen and oxygen atoms in total. The predicted molar refractivity (Wildman–Crippen MR) is 68.2 cm³/mol. The molecule has 0 radical (unpaired) electrons. The van der Waals surface area contributed by atoms with Crippen LogP contribution >= 0.6 is 0 Å². The molecule has 0 spiro atoms. The Balaban J connectivity index is 2.26. The van der Waals surface area contributed by atoms with Crippen LogP contribution in [0.5, 0.6) is 0 Å². The zero-order valence-electron chi connectivity index (χ0n) is 10.6. The fraction of sp³-hybridized carbons (Fsp3) is 0.133. The van der Waals surface area contributed by atoms with E-state index in [1.54, 1.807) is 24.3 Å². The lowest BCUT2D eigenvalue weighted by atomic mass is 10.0. The Labute approximate surface area is 113 Å². The largest absolute Gasteiger partial charge is 0.465 e. The van der Waals surface area contributed by atoms with Crippen molar-refractivity contribution in [3.05, 3.63) is 59.7 Å². The molecule has 0 aliphatic rings. The first-order valence-corrected chi connectivity index (χ1v) is 5.78. The summed E-state index contributed by atoms with van der Waals surface area (Å²) in [6.45, 7) is 0. The van der Waals surface area contributed by atoms with Gasteiger partial charge < -0.3 is 4.74 Å². The van der Waals surface area contributed by atoms with Crippen molar-refractivity contribution in [1.29, 1.82) is 0 Å². The molecule has 0 aliphatic carbocycles. The molecule has 0 amide bonds. The third-order valence-corrected chi connectivity index (χ3v) is 2.85. The van der Waals surface area contributed by atoms with Crippen molar-refractivity contribution in [3.8, 4) is 11.1 Å². The molecular formula is C15H11F3O2. The molecule has 0 fully saturated rings. The van der Waals surface area contributed by atoms with Crippen LogP contribution in [0.2, 0.25) is 0 Å². The smallest absolute Gasteiger partial charge is 0.416 e. The lowest BCUT2D eigenvalue weighted by Crippen LogP contribution is -2.04. The Hall–Kier alpha value is -2.30. The van der Waals surface area contributed by atoms with Gasteiger partial charge in [0.05, 0.1) is 18.2 Å². The number of hydrogen-bond acceptors (Lipinski definition) is 2. The average molecular weight is 280 g/mol. The summed E-state index contributed by atoms with van der Waals surface area (Å²) in [5, 5.41) is 0. The molecule has 0 aliphatic heterocycles. The summed E-state index contributed by atoms with van der Waals surface area (Å²) < 4.78 is 41.9. The lowest BCUT2D eigenvalue weighted by Gasteiger charge is -2.08. The second kappa shape index (κ2) is 5.36. The van der Waals surface area contributed by atoms with Crippen molar-refractivity contribution in [2.75, 3.05) is 7.11 Å². The highest BCUT2D eigenvalue weighted by Gasteiger charge is 2.29. The SMILES string of the molecule is COC(=O)c1ccc(-c2ccc(C(F)(F)F)cc2)cc1. The first-order chi connectivity index (χ1) is 9.41. The number of esters is 1. The van der Waals surface area contributed by atoms with Gasteiger partial charge in [-0.3, -0.25) is 0 Å². The molecular weight excluding hydrogens is 269 g/mol. The maximum absolute atomic E-state index is 12.5. The van der Waals surface area contributed by atoms with Gasteiger partial charge in [-0.2, -0.15) is 13.2 Å². The molecule has 0 N–H and O–H groups in total. The zero-order valence-corrected chi connectivity index (χ0v) is 10.6. The van der Waals surface area contributed by atoms with Gasteiger partial charge in [-0.05, 0) is 35.4 Å². The minimum atomic E-state index is -4.34. The summed E-state index contributed by atoms with van der Waals surface area (Å²) in [5.74, 6) is -0.455. The van der Waals surface area contributed by atoms with Crippen molar-refractivity contribution >= 4 is 5.97 Å². The van der Waals surface area contributed by atoms with Gasteiger partial charge in [-0.1, -0.05) is 24.3 Å². The Bertz CT molecular complexity index is 599. The Morgan fingerprint density at radius 3 is 1.75 bits per heavy atom. The molecule has 2 aromatic carbocycles. The van der Waals surface area contributed by atoms with Crippen LogP contribution in [-0.2, 0) is 10.9 Å². The van der Waals surface area contributed by atoms with E-state index in [1.165, 1.54) is 19.2 Å². The maximum atomic E-state index is 12.5. The van der Waals surface area contributed by atoms with Gasteiger partial charge in [0, 0.05) is 0 Å². The van der Waals surface area contributed by atoms with Crippen molar-refractivity contribution in [3.63, 3.8) is 0 Å². The number of methoxy groups -OCH3 is 1. The van der Waals surface area contributed by atoms with Gasteiger partial charge >= 0.3 is 12.1 Å². The van der Waals surface area contributed by atoms with Crippen molar-refractivity contribution in [2.24, 2.45) is 0 Å². The van der Waals surface area contributed by atoms with Gasteiger partial charge in [-0.15, -0.1) is 0 Å². The number of halogens is 3. The van der Waals surface area contributed by atoms with Crippen LogP contribution in [0.3, 0.4) is 0 Å². The quantitative estimate of drug-likeness (QED) is 0.772. The van der Waals surface area contributed by atoms with E-state index in [1.807, 2.05) is 0 Å². The van der Waals surface area contributed by atoms with E-state index < -0.39 is 17.7 Å². The number of alkyl halides is 3. The molecule has 0 aromatic heterocycles. The third kappa shape index (κ3) is 2.99. The topological polar surface area (TPSA) is 26.3 Å². The fourth-order valence-electron chi connectivity index (χ4n) is 1.77. The number of benzene rings is 2. The van der Waals surface area contributed by atoms with Gasteiger partial charge in [0.1, 0.15) is 0 Å². The zero-order chi connectivity index (χ0) is 14.8. The van der Waals surface area contributed by atoms with Gasteiger partial charge in [0.15, 0.2) is 0 Å². The summed E-state index contributed by atoms with van der Waals surface area (Å²) in [6.07, 6.45) is -4.34. The molecule has 0 atom stereocenters. The lowest BCUT2D eigenvalue weighted by molar-refractivity contribution is -0.137. The third-order valence-electron chi connectivity index (χ3n) is 2.85. The second-order valence-corrected chi connectivity index (χ2v) is 4.14. The normalized spacial score (nSPS) is 11.2. The first-order valence-electron chi connectivity index (χ1n) is 5.78. The summed E-state index contributed by atoms with van der Waals surface area (Å²) in [5.41, 5.74) is 1.08. The van der Waals surface area contributed by atoms with Crippen molar-refractivity contribution in [1.82, 2.24) is 0 Å². The van der Waals surface area contributed by atoms with E-state index in [4.69, 9.17) is 0 Å². The highest BCUT2D eigenvalue weighted by Crippen LogP contribution is 2.31. The monoisotopic (exact) mass is 280 g/mol. The van der Waals surface area contributed by atoms with Crippen LogP contribution in [0.1, 0.15) is 15.9 Å². The Kier molecular flexibility index (Phi) is 3.79. The number of carbonyl (C=O) groups excluding carboxylic acids is 1. The van der Waals surface area contributed by atoms with Crippen LogP contribution in [0.15, 0.2) is 48.5 Å². The van der Waals surface area contributed by atoms with E-state index in [9.17, 15) is 18.0 Å². The number of rotatable bonds is 2. The summed E-state index contributed by atoms with van der Waals surface area (Å²) in [6, 6.07) is 11.3. The minimum Gasteiger partial charge on any atom is -0.465 e. The van der Waals surface area contributed by atoms with E-state index in [0.29, 0.717) is 11.1 Å². The van der Waals surface area contributed by atoms with E-state index in [-0.39, 0.29) is 0 Å². The minimum absolute atomic E-state index is 0.392. The molecule has 0 unspecified atom stereocenters. The fourth-order valence-corrected chi connectivity index (χ4v) is 1.77. The number of carbonyl (C=O) groups is 1. The van der Waals surface area contributed by atoms with E-state index in [2.05, 4.69) is 4.74 Å². The van der Waals surface area contributed by atoms with E-state index >= 15 is 0 Å². The maximum Gasteiger partial charge on any atom is 0.416 e. The summed E-state index contributed by atoms with van der Waals surface area (Å²) in [4.78, 5) is 11.3. The van der Waals surface area contributed by atoms with Gasteiger partial charge in [-0.25, -0.2) is 4.79 Å². The molecule has 5 heteroatoms. The molecule has 2 aromatic rings. The van der Waals surface area contributed by atoms with Crippen LogP contribution in [0.4, 0.5) is 13.2 Å². The summed E-state index contributed by atoms with van der Waals surface area (Å²) in [7, 11) is 1.28. The highest BCUT2D eigenvalue weighted by atomic mass is 19.4.